The molecule has 1 fully saturated rings. The van der Waals surface area contributed by atoms with Gasteiger partial charge < -0.3 is 10.1 Å². The van der Waals surface area contributed by atoms with E-state index in [1.807, 2.05) is 12.1 Å². The first-order valence-electron chi connectivity index (χ1n) is 7.08. The maximum Gasteiger partial charge on any atom is 0.202 e. The molecule has 3 rings (SSSR count). The minimum atomic E-state index is -0.334. The molecule has 1 aliphatic heterocycles. The third-order valence-corrected chi connectivity index (χ3v) is 3.39. The minimum absolute atomic E-state index is 0.0508. The number of benzene rings is 2. The molecule has 4 nitrogen and oxygen atoms in total. The Morgan fingerprint density at radius 3 is 1.73 bits per heavy atom. The summed E-state index contributed by atoms with van der Waals surface area (Å²) < 4.78 is 5.43. The fraction of sp³-hybridized carbons (Fsp3) is 0.111. The van der Waals surface area contributed by atoms with Crippen LogP contribution in [0, 0.1) is 0 Å². The molecule has 0 unspecified atom stereocenters. The van der Waals surface area contributed by atoms with Gasteiger partial charge in [-0.3, -0.25) is 9.59 Å². The van der Waals surface area contributed by atoms with Crippen molar-refractivity contribution in [1.29, 1.82) is 0 Å². The first kappa shape index (κ1) is 14.1. The predicted molar refractivity (Wildman–Crippen MR) is 82.5 cm³/mol. The van der Waals surface area contributed by atoms with E-state index in [0.717, 1.165) is 0 Å². The second-order valence-electron chi connectivity index (χ2n) is 4.87. The summed E-state index contributed by atoms with van der Waals surface area (Å²) in [6.07, 6.45) is 0. The number of carbonyl (C=O) groups excluding carboxylic acids is 2. The van der Waals surface area contributed by atoms with Crippen LogP contribution in [0.15, 0.2) is 72.1 Å². The van der Waals surface area contributed by atoms with Crippen molar-refractivity contribution in [3.05, 3.63) is 83.2 Å². The number of ketones is 2. The van der Waals surface area contributed by atoms with E-state index < -0.39 is 0 Å². The Bertz CT molecular complexity index is 659. The SMILES string of the molecule is O=C(C(C(=O)c1ccccc1)=C1NCCO1)c1ccccc1. The summed E-state index contributed by atoms with van der Waals surface area (Å²) in [5.74, 6) is -0.402. The molecule has 0 aliphatic carbocycles. The van der Waals surface area contributed by atoms with Crippen LogP contribution in [0.4, 0.5) is 0 Å². The molecule has 1 heterocycles. The van der Waals surface area contributed by atoms with Gasteiger partial charge in [-0.05, 0) is 0 Å². The van der Waals surface area contributed by atoms with Crippen LogP contribution in [-0.2, 0) is 4.74 Å². The Balaban J connectivity index is 2.04. The lowest BCUT2D eigenvalue weighted by Gasteiger charge is -2.09. The van der Waals surface area contributed by atoms with Gasteiger partial charge >= 0.3 is 0 Å². The zero-order valence-electron chi connectivity index (χ0n) is 11.9. The van der Waals surface area contributed by atoms with E-state index in [4.69, 9.17) is 4.74 Å². The number of Topliss-reactive ketones (excluding diaryl/α,β-unsaturated/α-hetero) is 2. The van der Waals surface area contributed by atoms with Gasteiger partial charge in [-0.2, -0.15) is 0 Å². The number of carbonyl (C=O) groups is 2. The molecule has 0 amide bonds. The fourth-order valence-corrected chi connectivity index (χ4v) is 2.31. The Labute approximate surface area is 128 Å². The van der Waals surface area contributed by atoms with E-state index in [2.05, 4.69) is 5.32 Å². The summed E-state index contributed by atoms with van der Waals surface area (Å²) in [6.45, 7) is 1.03. The van der Waals surface area contributed by atoms with E-state index in [0.29, 0.717) is 24.3 Å². The summed E-state index contributed by atoms with van der Waals surface area (Å²) in [5, 5.41) is 2.97. The van der Waals surface area contributed by atoms with E-state index >= 15 is 0 Å². The van der Waals surface area contributed by atoms with E-state index in [-0.39, 0.29) is 23.0 Å². The Hall–Kier alpha value is -2.88. The molecule has 2 aromatic rings. The van der Waals surface area contributed by atoms with Crippen molar-refractivity contribution in [3.63, 3.8) is 0 Å². The van der Waals surface area contributed by atoms with Crippen molar-refractivity contribution in [2.45, 2.75) is 0 Å². The molecule has 1 aliphatic rings. The Morgan fingerprint density at radius 1 is 0.818 bits per heavy atom. The second kappa shape index (κ2) is 6.26. The topological polar surface area (TPSA) is 55.4 Å². The summed E-state index contributed by atoms with van der Waals surface area (Å²) >= 11 is 0. The molecule has 0 saturated carbocycles. The maximum absolute atomic E-state index is 12.7. The Kier molecular flexibility index (Phi) is 4.01. The van der Waals surface area contributed by atoms with Gasteiger partial charge in [-0.1, -0.05) is 60.7 Å². The molecular weight excluding hydrogens is 278 g/mol. The van der Waals surface area contributed by atoms with Crippen molar-refractivity contribution >= 4 is 11.6 Å². The molecule has 0 bridgehead atoms. The number of hydrogen-bond acceptors (Lipinski definition) is 4. The van der Waals surface area contributed by atoms with Crippen LogP contribution >= 0.6 is 0 Å². The van der Waals surface area contributed by atoms with Crippen LogP contribution in [0.3, 0.4) is 0 Å². The average Bonchev–Trinajstić information content (AvgIpc) is 3.10. The lowest BCUT2D eigenvalue weighted by atomic mass is 9.96. The lowest BCUT2D eigenvalue weighted by molar-refractivity contribution is 0.0949. The summed E-state index contributed by atoms with van der Waals surface area (Å²) in [6, 6.07) is 17.5. The van der Waals surface area contributed by atoms with Gasteiger partial charge in [0.05, 0.1) is 6.54 Å². The van der Waals surface area contributed by atoms with E-state index in [1.54, 1.807) is 48.5 Å². The van der Waals surface area contributed by atoms with Crippen molar-refractivity contribution in [2.24, 2.45) is 0 Å². The van der Waals surface area contributed by atoms with E-state index in [9.17, 15) is 9.59 Å². The van der Waals surface area contributed by atoms with Gasteiger partial charge in [-0.15, -0.1) is 0 Å². The van der Waals surface area contributed by atoms with Gasteiger partial charge in [0.25, 0.3) is 0 Å². The van der Waals surface area contributed by atoms with Crippen LogP contribution in [0.25, 0.3) is 0 Å². The summed E-state index contributed by atoms with van der Waals surface area (Å²) in [5.41, 5.74) is 0.980. The molecule has 4 heteroatoms. The van der Waals surface area contributed by atoms with Crippen LogP contribution < -0.4 is 5.32 Å². The number of allylic oxidation sites excluding steroid dienone is 1. The van der Waals surface area contributed by atoms with Crippen molar-refractivity contribution in [2.75, 3.05) is 13.2 Å². The van der Waals surface area contributed by atoms with Gasteiger partial charge in [-0.25, -0.2) is 0 Å². The van der Waals surface area contributed by atoms with Crippen LogP contribution in [0.1, 0.15) is 20.7 Å². The number of ether oxygens (including phenoxy) is 1. The summed E-state index contributed by atoms with van der Waals surface area (Å²) in [4.78, 5) is 25.5. The monoisotopic (exact) mass is 293 g/mol. The van der Waals surface area contributed by atoms with Crippen molar-refractivity contribution in [3.8, 4) is 0 Å². The standard InChI is InChI=1S/C18H15NO3/c20-16(13-7-3-1-4-8-13)15(18-19-11-12-22-18)17(21)14-9-5-2-6-10-14/h1-10,19H,11-12H2. The van der Waals surface area contributed by atoms with Crippen LogP contribution in [-0.4, -0.2) is 24.7 Å². The molecule has 0 radical (unpaired) electrons. The smallest absolute Gasteiger partial charge is 0.202 e. The lowest BCUT2D eigenvalue weighted by Crippen LogP contribution is -2.20. The third-order valence-electron chi connectivity index (χ3n) is 3.39. The minimum Gasteiger partial charge on any atom is -0.477 e. The zero-order chi connectivity index (χ0) is 15.4. The quantitative estimate of drug-likeness (QED) is 0.407. The van der Waals surface area contributed by atoms with Crippen molar-refractivity contribution < 1.29 is 14.3 Å². The third kappa shape index (κ3) is 2.76. The van der Waals surface area contributed by atoms with Gasteiger partial charge in [0.1, 0.15) is 12.2 Å². The summed E-state index contributed by atoms with van der Waals surface area (Å²) in [7, 11) is 0. The highest BCUT2D eigenvalue weighted by Gasteiger charge is 2.28. The molecule has 2 aromatic carbocycles. The van der Waals surface area contributed by atoms with Gasteiger partial charge in [0, 0.05) is 11.1 Å². The molecule has 1 saturated heterocycles. The first-order chi connectivity index (χ1) is 10.8. The number of nitrogens with one attached hydrogen (secondary N) is 1. The number of hydrogen-bond donors (Lipinski definition) is 1. The highest BCUT2D eigenvalue weighted by Crippen LogP contribution is 2.19. The van der Waals surface area contributed by atoms with Gasteiger partial charge in [0.15, 0.2) is 0 Å². The first-order valence-corrected chi connectivity index (χ1v) is 7.08. The fourth-order valence-electron chi connectivity index (χ4n) is 2.31. The van der Waals surface area contributed by atoms with Crippen molar-refractivity contribution in [1.82, 2.24) is 5.32 Å². The highest BCUT2D eigenvalue weighted by molar-refractivity contribution is 6.31. The second-order valence-corrected chi connectivity index (χ2v) is 4.87. The molecule has 0 spiro atoms. The van der Waals surface area contributed by atoms with Gasteiger partial charge in [0.2, 0.25) is 17.4 Å². The van der Waals surface area contributed by atoms with Crippen LogP contribution in [0.5, 0.6) is 0 Å². The number of rotatable bonds is 4. The average molecular weight is 293 g/mol. The Morgan fingerprint density at radius 2 is 1.32 bits per heavy atom. The molecule has 0 aromatic heterocycles. The molecule has 22 heavy (non-hydrogen) atoms. The van der Waals surface area contributed by atoms with E-state index in [1.165, 1.54) is 0 Å². The molecule has 110 valence electrons. The maximum atomic E-state index is 12.7. The molecule has 1 N–H and O–H groups in total. The molecule has 0 atom stereocenters. The zero-order valence-corrected chi connectivity index (χ0v) is 11.9. The largest absolute Gasteiger partial charge is 0.477 e. The highest BCUT2D eigenvalue weighted by atomic mass is 16.5. The molecular formula is C18H15NO3. The normalized spacial score (nSPS) is 13.2. The van der Waals surface area contributed by atoms with Crippen LogP contribution in [0.2, 0.25) is 0 Å². The predicted octanol–water partition coefficient (Wildman–Crippen LogP) is 2.58.